The SMILES string of the molecule is COc1ccc(CN2CN(Cc3ccc(OC)cc3)C3(C2)C(=O)N(C)c2ccccc23)cc1. The highest BCUT2D eigenvalue weighted by molar-refractivity contribution is 6.07. The van der Waals surface area contributed by atoms with Crippen LogP contribution in [0.1, 0.15) is 16.7 Å². The van der Waals surface area contributed by atoms with Gasteiger partial charge >= 0.3 is 0 Å². The van der Waals surface area contributed by atoms with Crippen molar-refractivity contribution in [3.63, 3.8) is 0 Å². The predicted molar refractivity (Wildman–Crippen MR) is 128 cm³/mol. The molecule has 0 saturated carbocycles. The maximum absolute atomic E-state index is 13.8. The minimum atomic E-state index is -0.697. The number of methoxy groups -OCH3 is 2. The highest BCUT2D eigenvalue weighted by atomic mass is 16.5. The van der Waals surface area contributed by atoms with Crippen LogP contribution in [0, 0.1) is 0 Å². The maximum Gasteiger partial charge on any atom is 0.253 e. The van der Waals surface area contributed by atoms with Gasteiger partial charge in [0, 0.05) is 37.9 Å². The van der Waals surface area contributed by atoms with E-state index in [1.54, 1.807) is 14.2 Å². The first kappa shape index (κ1) is 21.5. The van der Waals surface area contributed by atoms with Gasteiger partial charge in [-0.1, -0.05) is 42.5 Å². The number of anilines is 1. The predicted octanol–water partition coefficient (Wildman–Crippen LogP) is 3.85. The van der Waals surface area contributed by atoms with Gasteiger partial charge in [-0.15, -0.1) is 0 Å². The van der Waals surface area contributed by atoms with Crippen LogP contribution in [-0.4, -0.2) is 50.2 Å². The Morgan fingerprint density at radius 1 is 0.818 bits per heavy atom. The van der Waals surface area contributed by atoms with Crippen molar-refractivity contribution in [1.82, 2.24) is 9.80 Å². The maximum atomic E-state index is 13.8. The summed E-state index contributed by atoms with van der Waals surface area (Å²) in [6.07, 6.45) is 0. The number of para-hydroxylation sites is 1. The van der Waals surface area contributed by atoms with E-state index >= 15 is 0 Å². The first-order chi connectivity index (χ1) is 16.0. The molecule has 2 aliphatic heterocycles. The van der Waals surface area contributed by atoms with E-state index in [2.05, 4.69) is 40.1 Å². The molecule has 0 bridgehead atoms. The normalized spacial score (nSPS) is 20.5. The summed E-state index contributed by atoms with van der Waals surface area (Å²) in [5.74, 6) is 1.81. The van der Waals surface area contributed by atoms with Crippen LogP contribution in [0.25, 0.3) is 0 Å². The van der Waals surface area contributed by atoms with Gasteiger partial charge in [0.25, 0.3) is 5.91 Å². The Bertz CT molecular complexity index is 1150. The van der Waals surface area contributed by atoms with Gasteiger partial charge in [-0.3, -0.25) is 14.6 Å². The number of carbonyl (C=O) groups is 1. The Hall–Kier alpha value is -3.35. The fourth-order valence-electron chi connectivity index (χ4n) is 5.14. The van der Waals surface area contributed by atoms with Crippen LogP contribution in [0.4, 0.5) is 5.69 Å². The third-order valence-corrected chi connectivity index (χ3v) is 6.83. The molecule has 6 nitrogen and oxygen atoms in total. The molecule has 170 valence electrons. The molecule has 33 heavy (non-hydrogen) atoms. The molecule has 1 spiro atoms. The van der Waals surface area contributed by atoms with Crippen molar-refractivity contribution >= 4 is 11.6 Å². The molecule has 0 aliphatic carbocycles. The molecule has 6 heteroatoms. The lowest BCUT2D eigenvalue weighted by Gasteiger charge is -2.32. The van der Waals surface area contributed by atoms with E-state index in [4.69, 9.17) is 9.47 Å². The number of likely N-dealkylation sites (N-methyl/N-ethyl adjacent to an activating group) is 1. The summed E-state index contributed by atoms with van der Waals surface area (Å²) in [5, 5.41) is 0. The molecule has 2 aliphatic rings. The minimum Gasteiger partial charge on any atom is -0.497 e. The highest BCUT2D eigenvalue weighted by Gasteiger charge is 2.57. The van der Waals surface area contributed by atoms with Crippen molar-refractivity contribution in [2.45, 2.75) is 18.6 Å². The largest absolute Gasteiger partial charge is 0.497 e. The van der Waals surface area contributed by atoms with Gasteiger partial charge in [-0.2, -0.15) is 0 Å². The average Bonchev–Trinajstić information content (AvgIpc) is 3.31. The molecule has 0 radical (unpaired) electrons. The van der Waals surface area contributed by atoms with Crippen molar-refractivity contribution < 1.29 is 14.3 Å². The summed E-state index contributed by atoms with van der Waals surface area (Å²) < 4.78 is 10.6. The molecule has 0 aromatic heterocycles. The molecular formula is C27H29N3O3. The first-order valence-corrected chi connectivity index (χ1v) is 11.2. The number of amides is 1. The number of nitrogens with zero attached hydrogens (tertiary/aromatic N) is 3. The van der Waals surface area contributed by atoms with Crippen LogP contribution in [0.2, 0.25) is 0 Å². The molecule has 1 fully saturated rings. The van der Waals surface area contributed by atoms with E-state index in [0.717, 1.165) is 34.9 Å². The minimum absolute atomic E-state index is 0.134. The number of carbonyl (C=O) groups excluding carboxylic acids is 1. The Kier molecular flexibility index (Phi) is 5.56. The summed E-state index contributed by atoms with van der Waals surface area (Å²) >= 11 is 0. The van der Waals surface area contributed by atoms with Crippen molar-refractivity contribution in [2.75, 3.05) is 39.4 Å². The van der Waals surface area contributed by atoms with E-state index in [1.807, 2.05) is 54.4 Å². The van der Waals surface area contributed by atoms with Gasteiger partial charge in [0.2, 0.25) is 0 Å². The lowest BCUT2D eigenvalue weighted by Crippen LogP contribution is -2.50. The lowest BCUT2D eigenvalue weighted by molar-refractivity contribution is -0.127. The molecule has 2 heterocycles. The van der Waals surface area contributed by atoms with Crippen LogP contribution in [0.3, 0.4) is 0 Å². The van der Waals surface area contributed by atoms with Gasteiger partial charge < -0.3 is 14.4 Å². The van der Waals surface area contributed by atoms with E-state index in [9.17, 15) is 4.79 Å². The van der Waals surface area contributed by atoms with Crippen LogP contribution >= 0.6 is 0 Å². The second kappa shape index (κ2) is 8.54. The topological polar surface area (TPSA) is 45.3 Å². The van der Waals surface area contributed by atoms with Gasteiger partial charge in [0.15, 0.2) is 0 Å². The van der Waals surface area contributed by atoms with Crippen molar-refractivity contribution in [2.24, 2.45) is 0 Å². The highest BCUT2D eigenvalue weighted by Crippen LogP contribution is 2.47. The second-order valence-electron chi connectivity index (χ2n) is 8.76. The molecular weight excluding hydrogens is 414 g/mol. The zero-order chi connectivity index (χ0) is 23.0. The fourth-order valence-corrected chi connectivity index (χ4v) is 5.14. The molecule has 5 rings (SSSR count). The second-order valence-corrected chi connectivity index (χ2v) is 8.76. The van der Waals surface area contributed by atoms with E-state index in [-0.39, 0.29) is 5.91 Å². The summed E-state index contributed by atoms with van der Waals surface area (Å²) in [6, 6.07) is 24.4. The number of hydrogen-bond acceptors (Lipinski definition) is 5. The fraction of sp³-hybridized carbons (Fsp3) is 0.296. The summed E-state index contributed by atoms with van der Waals surface area (Å²) in [7, 11) is 5.23. The zero-order valence-corrected chi connectivity index (χ0v) is 19.3. The average molecular weight is 444 g/mol. The Morgan fingerprint density at radius 3 is 2.00 bits per heavy atom. The number of rotatable bonds is 6. The van der Waals surface area contributed by atoms with Crippen LogP contribution in [-0.2, 0) is 23.4 Å². The Morgan fingerprint density at radius 2 is 1.39 bits per heavy atom. The monoisotopic (exact) mass is 443 g/mol. The van der Waals surface area contributed by atoms with Gasteiger partial charge in [0.1, 0.15) is 17.0 Å². The van der Waals surface area contributed by atoms with Crippen molar-refractivity contribution in [3.05, 3.63) is 89.5 Å². The van der Waals surface area contributed by atoms with Gasteiger partial charge in [-0.05, 0) is 41.5 Å². The third kappa shape index (κ3) is 3.65. The van der Waals surface area contributed by atoms with Crippen LogP contribution in [0.5, 0.6) is 11.5 Å². The van der Waals surface area contributed by atoms with E-state index < -0.39 is 5.54 Å². The first-order valence-electron chi connectivity index (χ1n) is 11.2. The summed E-state index contributed by atoms with van der Waals surface area (Å²) in [6.45, 7) is 2.79. The lowest BCUT2D eigenvalue weighted by atomic mass is 9.90. The smallest absolute Gasteiger partial charge is 0.253 e. The molecule has 1 atom stereocenters. The molecule has 3 aromatic rings. The van der Waals surface area contributed by atoms with Gasteiger partial charge in [0.05, 0.1) is 20.9 Å². The zero-order valence-electron chi connectivity index (χ0n) is 19.3. The number of hydrogen-bond donors (Lipinski definition) is 0. The van der Waals surface area contributed by atoms with E-state index in [1.165, 1.54) is 5.56 Å². The standard InChI is InChI=1S/C27H29N3O3/c1-28-25-7-5-4-6-24(25)27(26(28)31)18-29(16-20-8-12-22(32-2)13-9-20)19-30(27)17-21-10-14-23(33-3)15-11-21/h4-15H,16-19H2,1-3H3. The Labute approximate surface area is 194 Å². The molecule has 1 unspecified atom stereocenters. The number of fused-ring (bicyclic) bond motifs is 2. The Balaban J connectivity index is 1.49. The number of benzene rings is 3. The summed E-state index contributed by atoms with van der Waals surface area (Å²) in [4.78, 5) is 20.3. The van der Waals surface area contributed by atoms with Gasteiger partial charge in [-0.25, -0.2) is 0 Å². The van der Waals surface area contributed by atoms with Crippen molar-refractivity contribution in [1.29, 1.82) is 0 Å². The molecule has 1 amide bonds. The number of ether oxygens (including phenoxy) is 2. The third-order valence-electron chi connectivity index (χ3n) is 6.83. The molecule has 3 aromatic carbocycles. The van der Waals surface area contributed by atoms with Crippen LogP contribution < -0.4 is 14.4 Å². The quantitative estimate of drug-likeness (QED) is 0.579. The molecule has 0 N–H and O–H groups in total. The van der Waals surface area contributed by atoms with Crippen molar-refractivity contribution in [3.8, 4) is 11.5 Å². The molecule has 1 saturated heterocycles. The van der Waals surface area contributed by atoms with Crippen LogP contribution in [0.15, 0.2) is 72.8 Å². The van der Waals surface area contributed by atoms with E-state index in [0.29, 0.717) is 19.8 Å². The summed E-state index contributed by atoms with van der Waals surface area (Å²) in [5.41, 5.74) is 3.74.